The Morgan fingerprint density at radius 1 is 0.750 bits per heavy atom. The third-order valence-electron chi connectivity index (χ3n) is 9.18. The second-order valence-electron chi connectivity index (χ2n) is 13.3. The minimum Gasteiger partial charge on any atom is -0.463 e. The highest BCUT2D eigenvalue weighted by molar-refractivity contribution is 6.09. The molecule has 0 amide bonds. The minimum absolute atomic E-state index is 0.0624. The van der Waals surface area contributed by atoms with E-state index in [1.54, 1.807) is 12.5 Å². The molecule has 9 rings (SSSR count). The minimum atomic E-state index is -1.80. The van der Waals surface area contributed by atoms with Crippen LogP contribution in [0.3, 0.4) is 0 Å². The van der Waals surface area contributed by atoms with Gasteiger partial charge >= 0.3 is 0 Å². The molecule has 5 nitrogen and oxygen atoms in total. The number of furan rings is 1. The third-order valence-corrected chi connectivity index (χ3v) is 9.18. The number of pyridine rings is 1. The van der Waals surface area contributed by atoms with Gasteiger partial charge in [-0.2, -0.15) is 0 Å². The molecular weight excluding hydrogens is 589 g/mol. The number of para-hydroxylation sites is 3. The zero-order valence-electron chi connectivity index (χ0n) is 29.0. The van der Waals surface area contributed by atoms with Gasteiger partial charge in [0, 0.05) is 18.9 Å². The maximum absolute atomic E-state index is 9.52. The van der Waals surface area contributed by atoms with Gasteiger partial charge in [-0.15, -0.1) is 0 Å². The monoisotopic (exact) mass is 624 g/mol. The highest BCUT2D eigenvalue weighted by Crippen LogP contribution is 2.33. The first kappa shape index (κ1) is 26.2. The topological polar surface area (TPSA) is 39.8 Å². The van der Waals surface area contributed by atoms with Gasteiger partial charge in [-0.3, -0.25) is 13.7 Å². The van der Waals surface area contributed by atoms with Gasteiger partial charge in [-0.05, 0) is 77.0 Å². The molecule has 0 saturated heterocycles. The van der Waals surface area contributed by atoms with Crippen molar-refractivity contribution < 1.29 is 11.7 Å². The highest BCUT2D eigenvalue weighted by atomic mass is 16.3. The Hall–Kier alpha value is -5.94. The lowest BCUT2D eigenvalue weighted by Gasteiger charge is -2.19. The standard InChI is InChI=1S/C43H34N4O/c1-43(2,3)32-16-18-33(19-17-32)45-28-46(39-14-7-6-13-38(39)45)34-10-8-9-29(24-34)23-30-15-20-36-35-11-4-5-12-37(35)47(40(36)25-30)42-26-31-21-22-48-41(31)27-44-42/h4-22,24-27H,23H2,1-3H3/i23D2. The summed E-state index contributed by atoms with van der Waals surface area (Å²) in [5.41, 5.74) is 8.93. The van der Waals surface area contributed by atoms with Crippen LogP contribution in [0.4, 0.5) is 0 Å². The van der Waals surface area contributed by atoms with E-state index in [1.807, 2.05) is 83.4 Å². The Labute approximate surface area is 281 Å². The summed E-state index contributed by atoms with van der Waals surface area (Å²) in [4.78, 5) is 4.75. The van der Waals surface area contributed by atoms with Gasteiger partial charge in [0.15, 0.2) is 5.58 Å². The second-order valence-corrected chi connectivity index (χ2v) is 13.3. The van der Waals surface area contributed by atoms with Crippen molar-refractivity contribution in [2.45, 2.75) is 32.6 Å². The molecule has 4 aromatic heterocycles. The third kappa shape index (κ3) is 4.70. The number of imidazole rings is 1. The van der Waals surface area contributed by atoms with Crippen LogP contribution >= 0.6 is 0 Å². The fourth-order valence-corrected chi connectivity index (χ4v) is 6.72. The van der Waals surface area contributed by atoms with E-state index in [4.69, 9.17) is 9.40 Å². The summed E-state index contributed by atoms with van der Waals surface area (Å²) >= 11 is 0. The average Bonchev–Trinajstić information content (AvgIpc) is 3.85. The lowest BCUT2D eigenvalue weighted by molar-refractivity contribution is -0.572. The first-order valence-corrected chi connectivity index (χ1v) is 16.2. The molecule has 232 valence electrons. The van der Waals surface area contributed by atoms with Gasteiger partial charge in [0.1, 0.15) is 5.82 Å². The summed E-state index contributed by atoms with van der Waals surface area (Å²) in [7, 11) is 0. The molecule has 4 heterocycles. The quantitative estimate of drug-likeness (QED) is 0.141. The molecule has 0 saturated carbocycles. The molecule has 0 fully saturated rings. The summed E-state index contributed by atoms with van der Waals surface area (Å²) in [6.07, 6.45) is 5.18. The van der Waals surface area contributed by atoms with Crippen molar-refractivity contribution in [1.29, 1.82) is 0 Å². The Morgan fingerprint density at radius 3 is 2.38 bits per heavy atom. The van der Waals surface area contributed by atoms with Crippen molar-refractivity contribution in [1.82, 2.24) is 14.1 Å². The highest BCUT2D eigenvalue weighted by Gasteiger charge is 2.17. The van der Waals surface area contributed by atoms with Gasteiger partial charge in [0.25, 0.3) is 6.33 Å². The van der Waals surface area contributed by atoms with Gasteiger partial charge in [-0.25, -0.2) is 4.98 Å². The smallest absolute Gasteiger partial charge is 0.269 e. The Kier molecular flexibility index (Phi) is 5.89. The van der Waals surface area contributed by atoms with Crippen LogP contribution in [0.25, 0.3) is 61.0 Å². The molecule has 0 N–H and O–H groups in total. The molecule has 0 unspecified atom stereocenters. The van der Waals surface area contributed by atoms with Crippen LogP contribution in [0.15, 0.2) is 144 Å². The molecule has 9 aromatic rings. The summed E-state index contributed by atoms with van der Waals surface area (Å²) in [6, 6.07) is 42.7. The van der Waals surface area contributed by atoms with Gasteiger partial charge < -0.3 is 4.42 Å². The summed E-state index contributed by atoms with van der Waals surface area (Å²) in [5.74, 6) is 0.751. The number of hydrogen-bond acceptors (Lipinski definition) is 2. The van der Waals surface area contributed by atoms with Gasteiger partial charge in [0.2, 0.25) is 0 Å². The van der Waals surface area contributed by atoms with Crippen LogP contribution in [-0.4, -0.2) is 14.1 Å². The Bertz CT molecular complexity index is 2730. The molecule has 0 spiro atoms. The van der Waals surface area contributed by atoms with Crippen molar-refractivity contribution in [3.63, 3.8) is 0 Å². The van der Waals surface area contributed by atoms with Crippen LogP contribution in [0.2, 0.25) is 0 Å². The van der Waals surface area contributed by atoms with E-state index in [0.717, 1.165) is 61.0 Å². The molecule has 48 heavy (non-hydrogen) atoms. The van der Waals surface area contributed by atoms with E-state index in [9.17, 15) is 2.74 Å². The van der Waals surface area contributed by atoms with Crippen molar-refractivity contribution >= 4 is 43.8 Å². The largest absolute Gasteiger partial charge is 0.463 e. The zero-order chi connectivity index (χ0) is 34.2. The molecule has 0 bridgehead atoms. The number of hydrogen-bond donors (Lipinski definition) is 0. The van der Waals surface area contributed by atoms with Crippen molar-refractivity contribution in [3.8, 4) is 17.2 Å². The predicted molar refractivity (Wildman–Crippen MR) is 193 cm³/mol. The lowest BCUT2D eigenvalue weighted by atomic mass is 9.87. The number of benzene rings is 5. The summed E-state index contributed by atoms with van der Waals surface area (Å²) in [5, 5.41) is 3.08. The maximum Gasteiger partial charge on any atom is 0.269 e. The maximum atomic E-state index is 9.52. The van der Waals surface area contributed by atoms with E-state index in [1.165, 1.54) is 5.56 Å². The van der Waals surface area contributed by atoms with E-state index >= 15 is 0 Å². The molecule has 0 aliphatic rings. The number of rotatable bonds is 5. The lowest BCUT2D eigenvalue weighted by Crippen LogP contribution is -2.29. The zero-order valence-corrected chi connectivity index (χ0v) is 27.0. The van der Waals surface area contributed by atoms with Crippen LogP contribution in [0.1, 0.15) is 40.2 Å². The van der Waals surface area contributed by atoms with Crippen LogP contribution in [-0.2, 0) is 11.8 Å². The fraction of sp³-hybridized carbons (Fsp3) is 0.116. The molecule has 0 atom stereocenters. The summed E-state index contributed by atoms with van der Waals surface area (Å²) < 4.78 is 30.8. The molecule has 5 heteroatoms. The number of fused-ring (bicyclic) bond motifs is 5. The van der Waals surface area contributed by atoms with Crippen LogP contribution in [0.5, 0.6) is 0 Å². The van der Waals surface area contributed by atoms with Crippen molar-refractivity contribution in [2.24, 2.45) is 0 Å². The molecule has 0 aliphatic heterocycles. The van der Waals surface area contributed by atoms with Crippen LogP contribution < -0.4 is 4.57 Å². The molecule has 5 aromatic carbocycles. The van der Waals surface area contributed by atoms with Gasteiger partial charge in [0.05, 0.1) is 45.9 Å². The molecule has 0 radical (unpaired) electrons. The second kappa shape index (κ2) is 10.8. The molecular formula is C43H34N4O. The van der Waals surface area contributed by atoms with E-state index in [-0.39, 0.29) is 5.41 Å². The average molecular weight is 625 g/mol. The first-order chi connectivity index (χ1) is 24.2. The van der Waals surface area contributed by atoms with Gasteiger partial charge in [-0.1, -0.05) is 99.6 Å². The number of aromatic nitrogens is 4. The summed E-state index contributed by atoms with van der Waals surface area (Å²) in [6.45, 7) is 6.65. The number of nitrogens with zero attached hydrogens (tertiary/aromatic N) is 4. The van der Waals surface area contributed by atoms with E-state index in [2.05, 4.69) is 84.8 Å². The van der Waals surface area contributed by atoms with E-state index < -0.39 is 6.37 Å². The SMILES string of the molecule is [2H]C([2H])(c1cccc(-n2[c-][n+](-c3ccc(C(C)(C)C)cc3)c3ccccc32)c1)c1ccc2c3ccccc3n(-c3cc4ccoc4cn3)c2c1. The van der Waals surface area contributed by atoms with E-state index in [0.29, 0.717) is 11.1 Å². The van der Waals surface area contributed by atoms with Crippen molar-refractivity contribution in [2.75, 3.05) is 0 Å². The Morgan fingerprint density at radius 2 is 1.52 bits per heavy atom. The Balaban J connectivity index is 1.15. The van der Waals surface area contributed by atoms with Crippen LogP contribution in [0, 0.1) is 6.33 Å². The predicted octanol–water partition coefficient (Wildman–Crippen LogP) is 9.83. The normalized spacial score (nSPS) is 13.1. The fourth-order valence-electron chi connectivity index (χ4n) is 6.72. The van der Waals surface area contributed by atoms with Crippen molar-refractivity contribution in [3.05, 3.63) is 163 Å². The molecule has 0 aliphatic carbocycles. The first-order valence-electron chi connectivity index (χ1n) is 17.2.